The van der Waals surface area contributed by atoms with Crippen molar-refractivity contribution in [1.82, 2.24) is 9.71 Å². The van der Waals surface area contributed by atoms with E-state index < -0.39 is 10.0 Å². The molecule has 0 fully saturated rings. The van der Waals surface area contributed by atoms with Crippen molar-refractivity contribution in [2.45, 2.75) is 4.90 Å². The fourth-order valence-corrected chi connectivity index (χ4v) is 3.43. The van der Waals surface area contributed by atoms with Gasteiger partial charge in [0, 0.05) is 19.3 Å². The van der Waals surface area contributed by atoms with E-state index in [0.29, 0.717) is 17.9 Å². The van der Waals surface area contributed by atoms with Gasteiger partial charge in [-0.25, -0.2) is 18.1 Å². The van der Waals surface area contributed by atoms with Gasteiger partial charge in [-0.05, 0) is 35.0 Å². The molecule has 6 nitrogen and oxygen atoms in total. The summed E-state index contributed by atoms with van der Waals surface area (Å²) >= 11 is 0. The predicted octanol–water partition coefficient (Wildman–Crippen LogP) is 2.50. The Labute approximate surface area is 146 Å². The maximum Gasteiger partial charge on any atom is 0.240 e. The third-order valence-electron chi connectivity index (χ3n) is 3.65. The number of hydrogen-bond donors (Lipinski definition) is 2. The molecule has 0 radical (unpaired) electrons. The highest BCUT2D eigenvalue weighted by atomic mass is 32.2. The minimum Gasteiger partial charge on any atom is -0.369 e. The Kier molecular flexibility index (Phi) is 4.93. The largest absolute Gasteiger partial charge is 0.369 e. The van der Waals surface area contributed by atoms with Gasteiger partial charge in [0.25, 0.3) is 0 Å². The highest BCUT2D eigenvalue weighted by molar-refractivity contribution is 7.89. The molecule has 0 amide bonds. The van der Waals surface area contributed by atoms with E-state index in [4.69, 9.17) is 5.26 Å². The van der Waals surface area contributed by atoms with Gasteiger partial charge < -0.3 is 5.32 Å². The Hall–Kier alpha value is -2.95. The maximum absolute atomic E-state index is 12.4. The first-order valence-corrected chi connectivity index (χ1v) is 9.15. The van der Waals surface area contributed by atoms with E-state index in [-0.39, 0.29) is 11.4 Å². The topological polar surface area (TPSA) is 94.9 Å². The molecule has 0 saturated carbocycles. The fourth-order valence-electron chi connectivity index (χ4n) is 2.36. The van der Waals surface area contributed by atoms with E-state index >= 15 is 0 Å². The van der Waals surface area contributed by atoms with E-state index in [0.717, 1.165) is 10.8 Å². The molecule has 1 heterocycles. The van der Waals surface area contributed by atoms with Crippen molar-refractivity contribution in [3.63, 3.8) is 0 Å². The smallest absolute Gasteiger partial charge is 0.240 e. The van der Waals surface area contributed by atoms with Crippen LogP contribution < -0.4 is 10.0 Å². The average Bonchev–Trinajstić information content (AvgIpc) is 2.65. The van der Waals surface area contributed by atoms with E-state index in [2.05, 4.69) is 15.0 Å². The Balaban J connectivity index is 1.60. The lowest BCUT2D eigenvalue weighted by Gasteiger charge is -2.09. The lowest BCUT2D eigenvalue weighted by atomic mass is 10.1. The fraction of sp³-hybridized carbons (Fsp3) is 0.111. The average molecular weight is 352 g/mol. The number of fused-ring (bicyclic) bond motifs is 1. The van der Waals surface area contributed by atoms with Gasteiger partial charge in [0.1, 0.15) is 11.9 Å². The molecule has 2 aromatic carbocycles. The monoisotopic (exact) mass is 352 g/mol. The predicted molar refractivity (Wildman–Crippen MR) is 96.6 cm³/mol. The number of aromatic nitrogens is 1. The lowest BCUT2D eigenvalue weighted by Crippen LogP contribution is -2.29. The summed E-state index contributed by atoms with van der Waals surface area (Å²) in [4.78, 5) is 4.30. The summed E-state index contributed by atoms with van der Waals surface area (Å²) < 4.78 is 27.3. The van der Waals surface area contributed by atoms with Gasteiger partial charge in [-0.2, -0.15) is 5.26 Å². The van der Waals surface area contributed by atoms with Crippen LogP contribution in [0.25, 0.3) is 10.8 Å². The summed E-state index contributed by atoms with van der Waals surface area (Å²) in [6, 6.07) is 18.0. The first-order chi connectivity index (χ1) is 12.1. The Morgan fingerprint density at radius 2 is 1.80 bits per heavy atom. The zero-order chi connectivity index (χ0) is 17.7. The van der Waals surface area contributed by atoms with Crippen LogP contribution in [0.15, 0.2) is 65.7 Å². The summed E-state index contributed by atoms with van der Waals surface area (Å²) in [6.07, 6.45) is 1.46. The third-order valence-corrected chi connectivity index (χ3v) is 5.11. The number of nitrogens with zero attached hydrogens (tertiary/aromatic N) is 2. The molecule has 3 aromatic rings. The minimum atomic E-state index is -3.57. The second-order valence-corrected chi connectivity index (χ2v) is 7.14. The highest BCUT2D eigenvalue weighted by Gasteiger charge is 2.13. The molecule has 3 rings (SSSR count). The minimum absolute atomic E-state index is 0.219. The van der Waals surface area contributed by atoms with E-state index in [1.54, 1.807) is 30.3 Å². The summed E-state index contributed by atoms with van der Waals surface area (Å²) in [7, 11) is -3.57. The van der Waals surface area contributed by atoms with Crippen LogP contribution in [-0.4, -0.2) is 26.5 Å². The Morgan fingerprint density at radius 3 is 2.52 bits per heavy atom. The van der Waals surface area contributed by atoms with Gasteiger partial charge in [0.2, 0.25) is 10.0 Å². The molecule has 0 atom stereocenters. The molecular weight excluding hydrogens is 336 g/mol. The summed E-state index contributed by atoms with van der Waals surface area (Å²) in [5.41, 5.74) is 0.475. The van der Waals surface area contributed by atoms with Crippen LogP contribution in [0.3, 0.4) is 0 Å². The Morgan fingerprint density at radius 1 is 1.00 bits per heavy atom. The Bertz CT molecular complexity index is 1020. The molecule has 0 saturated heterocycles. The van der Waals surface area contributed by atoms with Crippen molar-refractivity contribution >= 4 is 26.6 Å². The molecule has 0 aliphatic rings. The molecule has 0 bridgehead atoms. The number of nitriles is 1. The SMILES string of the molecule is N#Cc1ccc(NCCNS(=O)(=O)c2ccc3ccccc3c2)nc1. The van der Waals surface area contributed by atoms with Crippen molar-refractivity contribution in [2.24, 2.45) is 0 Å². The number of pyridine rings is 1. The molecule has 7 heteroatoms. The van der Waals surface area contributed by atoms with Gasteiger partial charge >= 0.3 is 0 Å². The van der Waals surface area contributed by atoms with Crippen molar-refractivity contribution in [3.8, 4) is 6.07 Å². The summed E-state index contributed by atoms with van der Waals surface area (Å²) in [6.45, 7) is 0.600. The van der Waals surface area contributed by atoms with E-state index in [1.165, 1.54) is 6.20 Å². The summed E-state index contributed by atoms with van der Waals surface area (Å²) in [5.74, 6) is 0.587. The molecular formula is C18H16N4O2S. The lowest BCUT2D eigenvalue weighted by molar-refractivity contribution is 0.583. The second kappa shape index (κ2) is 7.30. The van der Waals surface area contributed by atoms with Crippen LogP contribution in [-0.2, 0) is 10.0 Å². The molecule has 1 aromatic heterocycles. The summed E-state index contributed by atoms with van der Waals surface area (Å²) in [5, 5.41) is 13.6. The van der Waals surface area contributed by atoms with Gasteiger partial charge in [0.05, 0.1) is 10.5 Å². The highest BCUT2D eigenvalue weighted by Crippen LogP contribution is 2.18. The normalized spacial score (nSPS) is 11.2. The molecule has 0 unspecified atom stereocenters. The van der Waals surface area contributed by atoms with Crippen LogP contribution >= 0.6 is 0 Å². The maximum atomic E-state index is 12.4. The van der Waals surface area contributed by atoms with E-state index in [9.17, 15) is 8.42 Å². The first-order valence-electron chi connectivity index (χ1n) is 7.67. The quantitative estimate of drug-likeness (QED) is 0.665. The second-order valence-electron chi connectivity index (χ2n) is 5.38. The molecule has 2 N–H and O–H groups in total. The van der Waals surface area contributed by atoms with Crippen molar-refractivity contribution in [3.05, 3.63) is 66.4 Å². The van der Waals surface area contributed by atoms with Gasteiger partial charge in [0.15, 0.2) is 0 Å². The number of benzene rings is 2. The van der Waals surface area contributed by atoms with Crippen LogP contribution in [0.5, 0.6) is 0 Å². The van der Waals surface area contributed by atoms with Crippen molar-refractivity contribution in [2.75, 3.05) is 18.4 Å². The van der Waals surface area contributed by atoms with Crippen LogP contribution in [0.1, 0.15) is 5.56 Å². The van der Waals surface area contributed by atoms with Crippen molar-refractivity contribution in [1.29, 1.82) is 5.26 Å². The molecule has 0 spiro atoms. The molecule has 0 aliphatic heterocycles. The van der Waals surface area contributed by atoms with Crippen molar-refractivity contribution < 1.29 is 8.42 Å². The standard InChI is InChI=1S/C18H16N4O2S/c19-12-14-5-8-18(21-13-14)20-9-10-22-25(23,24)17-7-6-15-3-1-2-4-16(15)11-17/h1-8,11,13,22H,9-10H2,(H,20,21). The van der Waals surface area contributed by atoms with Gasteiger partial charge in [-0.15, -0.1) is 0 Å². The molecule has 0 aliphatic carbocycles. The zero-order valence-electron chi connectivity index (χ0n) is 13.3. The number of rotatable bonds is 6. The first kappa shape index (κ1) is 16.9. The van der Waals surface area contributed by atoms with E-state index in [1.807, 2.05) is 30.3 Å². The zero-order valence-corrected chi connectivity index (χ0v) is 14.1. The van der Waals surface area contributed by atoms with Gasteiger partial charge in [-0.1, -0.05) is 30.3 Å². The number of sulfonamides is 1. The third kappa shape index (κ3) is 4.12. The number of hydrogen-bond acceptors (Lipinski definition) is 5. The van der Waals surface area contributed by atoms with Crippen LogP contribution in [0, 0.1) is 11.3 Å². The van der Waals surface area contributed by atoms with Crippen LogP contribution in [0.2, 0.25) is 0 Å². The molecule has 126 valence electrons. The number of nitrogens with one attached hydrogen (secondary N) is 2. The molecule has 25 heavy (non-hydrogen) atoms. The number of anilines is 1. The van der Waals surface area contributed by atoms with Gasteiger partial charge in [-0.3, -0.25) is 0 Å². The van der Waals surface area contributed by atoms with Crippen LogP contribution in [0.4, 0.5) is 5.82 Å².